The maximum Gasteiger partial charge on any atom is 0.251 e. The van der Waals surface area contributed by atoms with Gasteiger partial charge >= 0.3 is 0 Å². The first-order valence-electron chi connectivity index (χ1n) is 8.80. The number of rotatable bonds is 5. The van der Waals surface area contributed by atoms with Gasteiger partial charge in [-0.2, -0.15) is 0 Å². The summed E-state index contributed by atoms with van der Waals surface area (Å²) in [5, 5.41) is 12.8. The molecule has 1 aliphatic carbocycles. The van der Waals surface area contributed by atoms with Gasteiger partial charge in [-0.3, -0.25) is 4.79 Å². The number of nitrogens with one attached hydrogen (secondary N) is 1. The molecular weight excluding hydrogens is 298 g/mol. The minimum Gasteiger partial charge on any atom is -0.393 e. The second-order valence-electron chi connectivity index (χ2n) is 6.72. The molecule has 0 bridgehead atoms. The SMILES string of the molecule is O=C(NCC1CCCC(O)C1)c1ccccc1Cc1ccccc1. The summed E-state index contributed by atoms with van der Waals surface area (Å²) in [6.45, 7) is 0.648. The monoisotopic (exact) mass is 323 g/mol. The molecule has 2 unspecified atom stereocenters. The normalized spacial score (nSPS) is 20.5. The molecule has 0 radical (unpaired) electrons. The summed E-state index contributed by atoms with van der Waals surface area (Å²) in [6.07, 6.45) is 4.38. The standard InChI is InChI=1S/C21H25NO2/c23-19-11-6-9-17(14-19)15-22-21(24)20-12-5-4-10-18(20)13-16-7-2-1-3-8-16/h1-5,7-8,10,12,17,19,23H,6,9,11,13-15H2,(H,22,24). The zero-order valence-corrected chi connectivity index (χ0v) is 13.9. The van der Waals surface area contributed by atoms with Gasteiger partial charge in [0, 0.05) is 12.1 Å². The average Bonchev–Trinajstić information content (AvgIpc) is 2.61. The van der Waals surface area contributed by atoms with Crippen molar-refractivity contribution >= 4 is 5.91 Å². The van der Waals surface area contributed by atoms with Crippen molar-refractivity contribution in [3.05, 3.63) is 71.3 Å². The first-order chi connectivity index (χ1) is 11.7. The Morgan fingerprint density at radius 2 is 1.79 bits per heavy atom. The van der Waals surface area contributed by atoms with Gasteiger partial charge in [0.25, 0.3) is 5.91 Å². The summed E-state index contributed by atoms with van der Waals surface area (Å²) in [4.78, 5) is 12.6. The van der Waals surface area contributed by atoms with Crippen LogP contribution in [0.2, 0.25) is 0 Å². The summed E-state index contributed by atoms with van der Waals surface area (Å²) >= 11 is 0. The van der Waals surface area contributed by atoms with Gasteiger partial charge in [-0.25, -0.2) is 0 Å². The molecule has 0 aliphatic heterocycles. The number of amides is 1. The third-order valence-corrected chi connectivity index (χ3v) is 4.81. The van der Waals surface area contributed by atoms with E-state index < -0.39 is 0 Å². The highest BCUT2D eigenvalue weighted by molar-refractivity contribution is 5.95. The number of hydrogen-bond donors (Lipinski definition) is 2. The zero-order valence-electron chi connectivity index (χ0n) is 13.9. The van der Waals surface area contributed by atoms with Crippen molar-refractivity contribution in [2.75, 3.05) is 6.54 Å². The number of aliphatic hydroxyl groups excluding tert-OH is 1. The van der Waals surface area contributed by atoms with Crippen LogP contribution in [0, 0.1) is 5.92 Å². The van der Waals surface area contributed by atoms with Crippen LogP contribution >= 0.6 is 0 Å². The fourth-order valence-electron chi connectivity index (χ4n) is 3.49. The van der Waals surface area contributed by atoms with Crippen LogP contribution in [0.4, 0.5) is 0 Å². The molecule has 0 spiro atoms. The van der Waals surface area contributed by atoms with E-state index in [-0.39, 0.29) is 12.0 Å². The van der Waals surface area contributed by atoms with Crippen LogP contribution in [0.15, 0.2) is 54.6 Å². The molecule has 3 rings (SSSR count). The highest BCUT2D eigenvalue weighted by Crippen LogP contribution is 2.23. The molecule has 1 saturated carbocycles. The van der Waals surface area contributed by atoms with Crippen molar-refractivity contribution in [2.45, 2.75) is 38.2 Å². The minimum absolute atomic E-state index is 0.0124. The Morgan fingerprint density at radius 1 is 1.04 bits per heavy atom. The van der Waals surface area contributed by atoms with E-state index in [0.29, 0.717) is 12.5 Å². The Morgan fingerprint density at radius 3 is 2.58 bits per heavy atom. The van der Waals surface area contributed by atoms with Gasteiger partial charge in [0.05, 0.1) is 6.10 Å². The van der Waals surface area contributed by atoms with Gasteiger partial charge in [0.2, 0.25) is 0 Å². The van der Waals surface area contributed by atoms with E-state index in [9.17, 15) is 9.90 Å². The molecule has 2 N–H and O–H groups in total. The lowest BCUT2D eigenvalue weighted by Gasteiger charge is -2.26. The molecule has 0 saturated heterocycles. The topological polar surface area (TPSA) is 49.3 Å². The van der Waals surface area contributed by atoms with Crippen molar-refractivity contribution in [2.24, 2.45) is 5.92 Å². The molecule has 24 heavy (non-hydrogen) atoms. The Balaban J connectivity index is 1.64. The largest absolute Gasteiger partial charge is 0.393 e. The number of carbonyl (C=O) groups is 1. The third kappa shape index (κ3) is 4.45. The van der Waals surface area contributed by atoms with E-state index in [4.69, 9.17) is 0 Å². The number of hydrogen-bond acceptors (Lipinski definition) is 2. The Kier molecular flexibility index (Phi) is 5.65. The molecule has 0 heterocycles. The molecule has 1 aliphatic rings. The maximum atomic E-state index is 12.6. The third-order valence-electron chi connectivity index (χ3n) is 4.81. The number of benzene rings is 2. The van der Waals surface area contributed by atoms with Crippen molar-refractivity contribution < 1.29 is 9.90 Å². The first-order valence-corrected chi connectivity index (χ1v) is 8.80. The van der Waals surface area contributed by atoms with E-state index in [1.807, 2.05) is 42.5 Å². The van der Waals surface area contributed by atoms with E-state index in [1.165, 1.54) is 5.56 Å². The smallest absolute Gasteiger partial charge is 0.251 e. The van der Waals surface area contributed by atoms with E-state index in [0.717, 1.165) is 43.2 Å². The van der Waals surface area contributed by atoms with Gasteiger partial charge in [-0.15, -0.1) is 0 Å². The molecule has 1 amide bonds. The lowest BCUT2D eigenvalue weighted by Crippen LogP contribution is -2.33. The van der Waals surface area contributed by atoms with Crippen LogP contribution in [0.5, 0.6) is 0 Å². The van der Waals surface area contributed by atoms with Crippen LogP contribution in [-0.4, -0.2) is 23.7 Å². The van der Waals surface area contributed by atoms with Gasteiger partial charge in [-0.05, 0) is 48.8 Å². The molecule has 3 nitrogen and oxygen atoms in total. The molecular formula is C21H25NO2. The quantitative estimate of drug-likeness (QED) is 0.884. The maximum absolute atomic E-state index is 12.6. The summed E-state index contributed by atoms with van der Waals surface area (Å²) in [5.41, 5.74) is 3.00. The second-order valence-corrected chi connectivity index (χ2v) is 6.72. The molecule has 3 heteroatoms. The van der Waals surface area contributed by atoms with Gasteiger partial charge in [0.1, 0.15) is 0 Å². The predicted octanol–water partition coefficient (Wildman–Crippen LogP) is 3.56. The van der Waals surface area contributed by atoms with Crippen LogP contribution in [0.1, 0.15) is 47.2 Å². The fraction of sp³-hybridized carbons (Fsp3) is 0.381. The second kappa shape index (κ2) is 8.11. The summed E-state index contributed by atoms with van der Waals surface area (Å²) in [7, 11) is 0. The van der Waals surface area contributed by atoms with Crippen molar-refractivity contribution in [1.29, 1.82) is 0 Å². The molecule has 0 aromatic heterocycles. The van der Waals surface area contributed by atoms with Crippen molar-refractivity contribution in [1.82, 2.24) is 5.32 Å². The molecule has 2 aromatic carbocycles. The van der Waals surface area contributed by atoms with E-state index >= 15 is 0 Å². The number of carbonyl (C=O) groups excluding carboxylic acids is 1. The Bertz CT molecular complexity index is 669. The highest BCUT2D eigenvalue weighted by Gasteiger charge is 2.21. The summed E-state index contributed by atoms with van der Waals surface area (Å²) in [5.74, 6) is 0.376. The molecule has 1 fully saturated rings. The summed E-state index contributed by atoms with van der Waals surface area (Å²) in [6, 6.07) is 18.0. The minimum atomic E-state index is -0.203. The van der Waals surface area contributed by atoms with Crippen LogP contribution < -0.4 is 5.32 Å². The van der Waals surface area contributed by atoms with Gasteiger partial charge in [0.15, 0.2) is 0 Å². The van der Waals surface area contributed by atoms with Crippen molar-refractivity contribution in [3.63, 3.8) is 0 Å². The molecule has 2 aromatic rings. The zero-order chi connectivity index (χ0) is 16.8. The van der Waals surface area contributed by atoms with Crippen molar-refractivity contribution in [3.8, 4) is 0 Å². The first kappa shape index (κ1) is 16.7. The van der Waals surface area contributed by atoms with Crippen LogP contribution in [-0.2, 0) is 6.42 Å². The lowest BCUT2D eigenvalue weighted by molar-refractivity contribution is 0.0873. The van der Waals surface area contributed by atoms with Crippen LogP contribution in [0.3, 0.4) is 0 Å². The predicted molar refractivity (Wildman–Crippen MR) is 96.0 cm³/mol. The molecule has 2 atom stereocenters. The van der Waals surface area contributed by atoms with E-state index in [2.05, 4.69) is 17.4 Å². The Labute approximate surface area is 143 Å². The Hall–Kier alpha value is -2.13. The van der Waals surface area contributed by atoms with Gasteiger partial charge < -0.3 is 10.4 Å². The fourth-order valence-corrected chi connectivity index (χ4v) is 3.49. The highest BCUT2D eigenvalue weighted by atomic mass is 16.3. The number of aliphatic hydroxyl groups is 1. The molecule has 126 valence electrons. The van der Waals surface area contributed by atoms with Gasteiger partial charge in [-0.1, -0.05) is 55.0 Å². The lowest BCUT2D eigenvalue weighted by atomic mass is 9.87. The van der Waals surface area contributed by atoms with E-state index in [1.54, 1.807) is 0 Å². The summed E-state index contributed by atoms with van der Waals surface area (Å²) < 4.78 is 0. The average molecular weight is 323 g/mol. The van der Waals surface area contributed by atoms with Crippen LogP contribution in [0.25, 0.3) is 0 Å².